The van der Waals surface area contributed by atoms with Crippen molar-refractivity contribution < 1.29 is 14.3 Å². The van der Waals surface area contributed by atoms with Gasteiger partial charge in [0.25, 0.3) is 0 Å². The maximum atomic E-state index is 11.9. The summed E-state index contributed by atoms with van der Waals surface area (Å²) in [7, 11) is 1.39. The Bertz CT molecular complexity index is 665. The van der Waals surface area contributed by atoms with Crippen molar-refractivity contribution >= 4 is 5.97 Å². The molecule has 116 valence electrons. The molecule has 1 aromatic heterocycles. The summed E-state index contributed by atoms with van der Waals surface area (Å²) < 4.78 is 12.8. The molecule has 1 aliphatic heterocycles. The fourth-order valence-corrected chi connectivity index (χ4v) is 3.04. The number of aromatic nitrogens is 2. The Morgan fingerprint density at radius 1 is 1.45 bits per heavy atom. The van der Waals surface area contributed by atoms with E-state index in [0.717, 1.165) is 30.6 Å². The monoisotopic (exact) mass is 300 g/mol. The number of carbonyl (C=O) groups is 1. The van der Waals surface area contributed by atoms with E-state index in [4.69, 9.17) is 9.47 Å². The fourth-order valence-electron chi connectivity index (χ4n) is 3.04. The number of hydrogen-bond donors (Lipinski definition) is 0. The summed E-state index contributed by atoms with van der Waals surface area (Å²) in [5, 5.41) is 0. The number of nitrogens with zero attached hydrogens (tertiary/aromatic N) is 2. The molecule has 0 spiro atoms. The summed E-state index contributed by atoms with van der Waals surface area (Å²) in [6.07, 6.45) is 6.28. The van der Waals surface area contributed by atoms with Gasteiger partial charge in [-0.1, -0.05) is 31.5 Å². The maximum Gasteiger partial charge on any atom is 0.356 e. The van der Waals surface area contributed by atoms with Crippen LogP contribution >= 0.6 is 0 Å². The first-order chi connectivity index (χ1) is 10.7. The number of ether oxygens (including phenoxy) is 2. The van der Waals surface area contributed by atoms with Crippen molar-refractivity contribution in [3.05, 3.63) is 48.0 Å². The molecule has 3 rings (SSSR count). The van der Waals surface area contributed by atoms with Crippen LogP contribution in [0.2, 0.25) is 0 Å². The summed E-state index contributed by atoms with van der Waals surface area (Å²) in [6.45, 7) is 2.15. The Morgan fingerprint density at radius 3 is 3.05 bits per heavy atom. The third-order valence-corrected chi connectivity index (χ3v) is 4.06. The van der Waals surface area contributed by atoms with Gasteiger partial charge in [-0.3, -0.25) is 0 Å². The zero-order valence-electron chi connectivity index (χ0n) is 12.9. The molecule has 0 fully saturated rings. The zero-order valence-corrected chi connectivity index (χ0v) is 12.9. The molecule has 0 unspecified atom stereocenters. The Morgan fingerprint density at radius 2 is 2.27 bits per heavy atom. The molecule has 0 aliphatic carbocycles. The van der Waals surface area contributed by atoms with Crippen LogP contribution in [-0.4, -0.2) is 28.7 Å². The van der Waals surface area contributed by atoms with Crippen molar-refractivity contribution in [3.8, 4) is 5.75 Å². The Balaban J connectivity index is 2.02. The lowest BCUT2D eigenvalue weighted by atomic mass is 9.94. The lowest BCUT2D eigenvalue weighted by Gasteiger charge is -2.33. The van der Waals surface area contributed by atoms with Crippen molar-refractivity contribution in [2.75, 3.05) is 7.11 Å². The summed E-state index contributed by atoms with van der Waals surface area (Å²) in [5.41, 5.74) is 1.55. The molecule has 2 aromatic rings. The van der Waals surface area contributed by atoms with Gasteiger partial charge in [-0.15, -0.1) is 0 Å². The number of esters is 1. The van der Waals surface area contributed by atoms with Gasteiger partial charge in [0.05, 0.1) is 25.7 Å². The Labute approximate surface area is 129 Å². The molecule has 0 N–H and O–H groups in total. The largest absolute Gasteiger partial charge is 0.490 e. The van der Waals surface area contributed by atoms with Gasteiger partial charge in [0.2, 0.25) is 0 Å². The third kappa shape index (κ3) is 2.58. The van der Waals surface area contributed by atoms with E-state index in [1.165, 1.54) is 7.11 Å². The smallest absolute Gasteiger partial charge is 0.356 e. The van der Waals surface area contributed by atoms with E-state index >= 15 is 0 Å². The van der Waals surface area contributed by atoms with E-state index in [0.29, 0.717) is 5.69 Å². The lowest BCUT2D eigenvalue weighted by Crippen LogP contribution is -2.30. The van der Waals surface area contributed by atoms with Gasteiger partial charge < -0.3 is 14.0 Å². The molecule has 5 heteroatoms. The lowest BCUT2D eigenvalue weighted by molar-refractivity contribution is 0.0582. The molecule has 0 radical (unpaired) electrons. The second-order valence-corrected chi connectivity index (χ2v) is 5.50. The highest BCUT2D eigenvalue weighted by molar-refractivity contribution is 5.87. The molecule has 0 amide bonds. The molecule has 22 heavy (non-hydrogen) atoms. The highest BCUT2D eigenvalue weighted by Crippen LogP contribution is 2.38. The standard InChI is InChI=1S/C17H20N2O3/c1-3-6-12-9-14(13-7-4-5-8-16(13)22-12)19-11-18-10-15(19)17(20)21-2/h4-5,7-8,10-12,14H,3,6,9H2,1-2H3/t12-,14-/m0/s1. The van der Waals surface area contributed by atoms with Gasteiger partial charge in [0, 0.05) is 12.0 Å². The molecule has 0 saturated carbocycles. The van der Waals surface area contributed by atoms with Crippen LogP contribution in [-0.2, 0) is 4.74 Å². The molecule has 1 aliphatic rings. The van der Waals surface area contributed by atoms with Crippen LogP contribution in [0, 0.1) is 0 Å². The van der Waals surface area contributed by atoms with Crippen molar-refractivity contribution in [3.63, 3.8) is 0 Å². The van der Waals surface area contributed by atoms with E-state index in [9.17, 15) is 4.79 Å². The Hall–Kier alpha value is -2.30. The summed E-state index contributed by atoms with van der Waals surface area (Å²) in [6, 6.07) is 8.03. The highest BCUT2D eigenvalue weighted by atomic mass is 16.5. The number of fused-ring (bicyclic) bond motifs is 1. The number of para-hydroxylation sites is 1. The van der Waals surface area contributed by atoms with Gasteiger partial charge in [0.1, 0.15) is 17.5 Å². The van der Waals surface area contributed by atoms with Crippen molar-refractivity contribution in [1.29, 1.82) is 0 Å². The van der Waals surface area contributed by atoms with Crippen LogP contribution in [0.25, 0.3) is 0 Å². The van der Waals surface area contributed by atoms with Gasteiger partial charge in [-0.05, 0) is 12.5 Å². The number of hydrogen-bond acceptors (Lipinski definition) is 4. The predicted octanol–water partition coefficient (Wildman–Crippen LogP) is 3.21. The van der Waals surface area contributed by atoms with Crippen LogP contribution < -0.4 is 4.74 Å². The number of methoxy groups -OCH3 is 1. The number of carbonyl (C=O) groups excluding carboxylic acids is 1. The second-order valence-electron chi connectivity index (χ2n) is 5.50. The second kappa shape index (κ2) is 6.22. The van der Waals surface area contributed by atoms with Crippen LogP contribution in [0.3, 0.4) is 0 Å². The van der Waals surface area contributed by atoms with E-state index in [1.54, 1.807) is 12.5 Å². The zero-order chi connectivity index (χ0) is 15.5. The van der Waals surface area contributed by atoms with E-state index < -0.39 is 0 Å². The molecule has 1 aromatic carbocycles. The summed E-state index contributed by atoms with van der Waals surface area (Å²) in [5.74, 6) is 0.523. The first-order valence-corrected chi connectivity index (χ1v) is 7.60. The van der Waals surface area contributed by atoms with E-state index in [-0.39, 0.29) is 18.1 Å². The van der Waals surface area contributed by atoms with E-state index in [2.05, 4.69) is 11.9 Å². The molecular weight excluding hydrogens is 280 g/mol. The molecule has 0 saturated heterocycles. The number of imidazole rings is 1. The minimum Gasteiger partial charge on any atom is -0.490 e. The third-order valence-electron chi connectivity index (χ3n) is 4.06. The molecular formula is C17H20N2O3. The minimum atomic E-state index is -0.367. The van der Waals surface area contributed by atoms with Crippen LogP contribution in [0.1, 0.15) is 48.3 Å². The Kier molecular flexibility index (Phi) is 4.13. The quantitative estimate of drug-likeness (QED) is 0.814. The minimum absolute atomic E-state index is 0.0399. The molecule has 0 bridgehead atoms. The SMILES string of the molecule is CCC[C@H]1C[C@H](n2cncc2C(=O)OC)c2ccccc2O1. The van der Waals surface area contributed by atoms with Gasteiger partial charge in [0.15, 0.2) is 0 Å². The molecule has 2 atom stereocenters. The van der Waals surface area contributed by atoms with Gasteiger partial charge >= 0.3 is 5.97 Å². The van der Waals surface area contributed by atoms with Gasteiger partial charge in [-0.2, -0.15) is 0 Å². The maximum absolute atomic E-state index is 11.9. The van der Waals surface area contributed by atoms with E-state index in [1.807, 2.05) is 28.8 Å². The molecule has 2 heterocycles. The number of rotatable bonds is 4. The van der Waals surface area contributed by atoms with Crippen molar-refractivity contribution in [2.24, 2.45) is 0 Å². The van der Waals surface area contributed by atoms with Crippen molar-refractivity contribution in [2.45, 2.75) is 38.3 Å². The average Bonchev–Trinajstić information content (AvgIpc) is 3.03. The average molecular weight is 300 g/mol. The normalized spacial score (nSPS) is 20.1. The highest BCUT2D eigenvalue weighted by Gasteiger charge is 2.31. The van der Waals surface area contributed by atoms with Crippen LogP contribution in [0.15, 0.2) is 36.8 Å². The summed E-state index contributed by atoms with van der Waals surface area (Å²) in [4.78, 5) is 16.1. The first kappa shape index (κ1) is 14.6. The fraction of sp³-hybridized carbons (Fsp3) is 0.412. The van der Waals surface area contributed by atoms with Gasteiger partial charge in [-0.25, -0.2) is 9.78 Å². The van der Waals surface area contributed by atoms with Crippen molar-refractivity contribution in [1.82, 2.24) is 9.55 Å². The van der Waals surface area contributed by atoms with Crippen LogP contribution in [0.4, 0.5) is 0 Å². The predicted molar refractivity (Wildman–Crippen MR) is 82.1 cm³/mol. The van der Waals surface area contributed by atoms with Crippen LogP contribution in [0.5, 0.6) is 5.75 Å². The molecule has 5 nitrogen and oxygen atoms in total. The first-order valence-electron chi connectivity index (χ1n) is 7.60. The number of benzene rings is 1. The topological polar surface area (TPSA) is 53.4 Å². The summed E-state index contributed by atoms with van der Waals surface area (Å²) >= 11 is 0.